The molecule has 2 unspecified atom stereocenters. The Morgan fingerprint density at radius 1 is 0.957 bits per heavy atom. The lowest BCUT2D eigenvalue weighted by Crippen LogP contribution is -2.62. The fourth-order valence-corrected chi connectivity index (χ4v) is 6.21. The third-order valence-corrected chi connectivity index (χ3v) is 8.99. The van der Waals surface area contributed by atoms with Gasteiger partial charge in [0.25, 0.3) is 5.91 Å². The number of rotatable bonds is 14. The summed E-state index contributed by atoms with van der Waals surface area (Å²) in [7, 11) is 0. The van der Waals surface area contributed by atoms with Crippen molar-refractivity contribution in [2.45, 2.75) is 126 Å². The summed E-state index contributed by atoms with van der Waals surface area (Å²) < 4.78 is 5.37. The van der Waals surface area contributed by atoms with Crippen LogP contribution in [0.3, 0.4) is 0 Å². The Hall–Kier alpha value is -3.44. The summed E-state index contributed by atoms with van der Waals surface area (Å²) in [6.07, 6.45) is 2.73. The zero-order valence-corrected chi connectivity index (χ0v) is 29.7. The number of carbonyl (C=O) groups excluding carboxylic acids is 6. The number of carbonyl (C=O) groups is 6. The number of hydrogen-bond donors (Lipinski definition) is 4. The molecule has 5 amide bonds. The van der Waals surface area contributed by atoms with E-state index in [1.165, 1.54) is 11.0 Å². The number of Topliss-reactive ketones (excluding diaryl/α,β-unsaturated/α-hetero) is 1. The SMILES string of the molecule is C=CCNC(=O)C(=O)C(CCCC)NC(=O)[C@@H]1C2[C@H](CN1C(=O)[C@@H](NC(=O)N[C@H](C(=O)OC(C)C)C(C)(C)C)C(C)(C)C)C2(C)C. The first-order valence-corrected chi connectivity index (χ1v) is 16.4. The standard InChI is InChI=1S/C34H57N5O7/c1-13-15-16-21(24(40)28(42)35-17-14-2)36-27(41)23-22-20(34(22,11)12)18-39(23)29(43)25(32(5,6)7)37-31(45)38-26(33(8,9)10)30(44)46-19(3)4/h14,19-23,25-26H,2,13,15-18H2,1,3-12H3,(H,35,42)(H,36,41)(H2,37,38,45)/t20-,21?,22?,23-,25+,26+/m0/s1. The van der Waals surface area contributed by atoms with Crippen molar-refractivity contribution in [1.82, 2.24) is 26.2 Å². The second kappa shape index (κ2) is 15.0. The second-order valence-corrected chi connectivity index (χ2v) is 15.7. The number of likely N-dealkylation sites (tertiary alicyclic amines) is 1. The Morgan fingerprint density at radius 3 is 2.02 bits per heavy atom. The van der Waals surface area contributed by atoms with Gasteiger partial charge in [-0.15, -0.1) is 6.58 Å². The molecule has 4 N–H and O–H groups in total. The van der Waals surface area contributed by atoms with Crippen LogP contribution in [0.2, 0.25) is 0 Å². The van der Waals surface area contributed by atoms with Crippen LogP contribution in [0.5, 0.6) is 0 Å². The van der Waals surface area contributed by atoms with Crippen molar-refractivity contribution in [1.29, 1.82) is 0 Å². The molecule has 1 aliphatic heterocycles. The van der Waals surface area contributed by atoms with Gasteiger partial charge >= 0.3 is 12.0 Å². The summed E-state index contributed by atoms with van der Waals surface area (Å²) in [6, 6.07) is -4.68. The van der Waals surface area contributed by atoms with E-state index in [0.717, 1.165) is 6.42 Å². The summed E-state index contributed by atoms with van der Waals surface area (Å²) in [5, 5.41) is 10.8. The number of ketones is 1. The molecule has 0 bridgehead atoms. The molecule has 0 radical (unpaired) electrons. The van der Waals surface area contributed by atoms with E-state index in [1.807, 2.05) is 20.8 Å². The molecule has 12 heteroatoms. The minimum atomic E-state index is -1.05. The van der Waals surface area contributed by atoms with Gasteiger partial charge in [-0.1, -0.05) is 81.2 Å². The number of piperidine rings is 1. The molecule has 2 aliphatic rings. The Bertz CT molecular complexity index is 1180. The fourth-order valence-electron chi connectivity index (χ4n) is 6.21. The molecule has 2 rings (SSSR count). The van der Waals surface area contributed by atoms with Crippen LogP contribution in [-0.2, 0) is 28.7 Å². The van der Waals surface area contributed by atoms with E-state index in [-0.39, 0.29) is 36.3 Å². The molecule has 0 spiro atoms. The molecule has 1 saturated heterocycles. The molecule has 6 atom stereocenters. The van der Waals surface area contributed by atoms with Crippen molar-refractivity contribution in [2.75, 3.05) is 13.1 Å². The van der Waals surface area contributed by atoms with Crippen LogP contribution in [0, 0.1) is 28.1 Å². The lowest BCUT2D eigenvalue weighted by atomic mass is 9.85. The molecule has 0 aromatic heterocycles. The van der Waals surface area contributed by atoms with E-state index < -0.39 is 70.5 Å². The minimum Gasteiger partial charge on any atom is -0.461 e. The van der Waals surface area contributed by atoms with Gasteiger partial charge in [0.2, 0.25) is 17.6 Å². The summed E-state index contributed by atoms with van der Waals surface area (Å²) >= 11 is 0. The van der Waals surface area contributed by atoms with Crippen molar-refractivity contribution in [2.24, 2.45) is 28.1 Å². The van der Waals surface area contributed by atoms with Gasteiger partial charge in [0.15, 0.2) is 0 Å². The van der Waals surface area contributed by atoms with Gasteiger partial charge in [0.1, 0.15) is 18.1 Å². The number of nitrogens with one attached hydrogen (secondary N) is 4. The molecule has 0 aromatic rings. The third-order valence-electron chi connectivity index (χ3n) is 8.99. The maximum atomic E-state index is 14.3. The molecule has 12 nitrogen and oxygen atoms in total. The molecular formula is C34H57N5O7. The first kappa shape index (κ1) is 38.7. The molecule has 2 fully saturated rings. The average Bonchev–Trinajstić information content (AvgIpc) is 3.25. The van der Waals surface area contributed by atoms with Gasteiger partial charge in [-0.3, -0.25) is 19.2 Å². The largest absolute Gasteiger partial charge is 0.461 e. The van der Waals surface area contributed by atoms with E-state index in [9.17, 15) is 28.8 Å². The highest BCUT2D eigenvalue weighted by Crippen LogP contribution is 2.65. The number of fused-ring (bicyclic) bond motifs is 1. The normalized spacial score (nSPS) is 22.1. The first-order chi connectivity index (χ1) is 21.1. The van der Waals surface area contributed by atoms with E-state index in [4.69, 9.17) is 4.74 Å². The van der Waals surface area contributed by atoms with E-state index in [0.29, 0.717) is 13.0 Å². The van der Waals surface area contributed by atoms with E-state index in [1.54, 1.807) is 55.4 Å². The average molecular weight is 648 g/mol. The number of amides is 5. The smallest absolute Gasteiger partial charge is 0.329 e. The number of esters is 1. The highest BCUT2D eigenvalue weighted by Gasteiger charge is 2.70. The van der Waals surface area contributed by atoms with Crippen LogP contribution >= 0.6 is 0 Å². The molecule has 0 aromatic carbocycles. The van der Waals surface area contributed by atoms with Crippen molar-refractivity contribution in [3.63, 3.8) is 0 Å². The Labute approximate surface area is 274 Å². The van der Waals surface area contributed by atoms with E-state index >= 15 is 0 Å². The maximum Gasteiger partial charge on any atom is 0.329 e. The van der Waals surface area contributed by atoms with Crippen molar-refractivity contribution in [3.8, 4) is 0 Å². The number of unbranched alkanes of at least 4 members (excludes halogenated alkanes) is 1. The predicted molar refractivity (Wildman–Crippen MR) is 175 cm³/mol. The summed E-state index contributed by atoms with van der Waals surface area (Å²) in [4.78, 5) is 81.5. The van der Waals surface area contributed by atoms with Crippen LogP contribution in [0.4, 0.5) is 4.79 Å². The maximum absolute atomic E-state index is 14.3. The van der Waals surface area contributed by atoms with Gasteiger partial charge in [-0.05, 0) is 48.3 Å². The highest BCUT2D eigenvalue weighted by atomic mass is 16.5. The number of urea groups is 1. The molecule has 1 aliphatic carbocycles. The number of hydrogen-bond acceptors (Lipinski definition) is 7. The van der Waals surface area contributed by atoms with Crippen LogP contribution in [-0.4, -0.2) is 83.8 Å². The van der Waals surface area contributed by atoms with Crippen LogP contribution in [0.15, 0.2) is 12.7 Å². The predicted octanol–water partition coefficient (Wildman–Crippen LogP) is 3.10. The van der Waals surface area contributed by atoms with Crippen molar-refractivity contribution in [3.05, 3.63) is 12.7 Å². The molecular weight excluding hydrogens is 590 g/mol. The van der Waals surface area contributed by atoms with Crippen LogP contribution in [0.1, 0.15) is 95.4 Å². The zero-order valence-electron chi connectivity index (χ0n) is 29.7. The molecule has 1 heterocycles. The zero-order chi connectivity index (χ0) is 35.4. The Morgan fingerprint density at radius 2 is 1.52 bits per heavy atom. The van der Waals surface area contributed by atoms with Gasteiger partial charge in [0, 0.05) is 13.1 Å². The van der Waals surface area contributed by atoms with Crippen molar-refractivity contribution >= 4 is 35.5 Å². The van der Waals surface area contributed by atoms with Gasteiger partial charge in [0.05, 0.1) is 12.1 Å². The lowest BCUT2D eigenvalue weighted by molar-refractivity contribution is -0.152. The fraction of sp³-hybridized carbons (Fsp3) is 0.765. The Balaban J connectivity index is 2.34. The quantitative estimate of drug-likeness (QED) is 0.128. The minimum absolute atomic E-state index is 0.0541. The monoisotopic (exact) mass is 647 g/mol. The van der Waals surface area contributed by atoms with Gasteiger partial charge in [-0.25, -0.2) is 9.59 Å². The molecule has 1 saturated carbocycles. The molecule has 46 heavy (non-hydrogen) atoms. The summed E-state index contributed by atoms with van der Waals surface area (Å²) in [5.41, 5.74) is -1.65. The third kappa shape index (κ3) is 9.31. The highest BCUT2D eigenvalue weighted by molar-refractivity contribution is 6.38. The van der Waals surface area contributed by atoms with Gasteiger partial charge < -0.3 is 30.9 Å². The first-order valence-electron chi connectivity index (χ1n) is 16.4. The number of ether oxygens (including phenoxy) is 1. The summed E-state index contributed by atoms with van der Waals surface area (Å²) in [5.74, 6) is -3.18. The van der Waals surface area contributed by atoms with Crippen LogP contribution < -0.4 is 21.3 Å². The summed E-state index contributed by atoms with van der Waals surface area (Å²) in [6.45, 7) is 24.3. The van der Waals surface area contributed by atoms with Crippen molar-refractivity contribution < 1.29 is 33.5 Å². The second-order valence-electron chi connectivity index (χ2n) is 15.7. The van der Waals surface area contributed by atoms with Crippen LogP contribution in [0.25, 0.3) is 0 Å². The topological polar surface area (TPSA) is 163 Å². The lowest BCUT2D eigenvalue weighted by Gasteiger charge is -2.38. The number of nitrogens with zero attached hydrogens (tertiary/aromatic N) is 1. The molecule has 260 valence electrons. The van der Waals surface area contributed by atoms with E-state index in [2.05, 4.69) is 27.8 Å². The van der Waals surface area contributed by atoms with Gasteiger partial charge in [-0.2, -0.15) is 0 Å². The Kier molecular flexibility index (Phi) is 12.6.